The minimum absolute atomic E-state index is 0.123. The number of thiophene rings is 1. The molecule has 0 radical (unpaired) electrons. The predicted molar refractivity (Wildman–Crippen MR) is 158 cm³/mol. The van der Waals surface area contributed by atoms with Gasteiger partial charge in [0.15, 0.2) is 5.82 Å². The molecule has 2 N–H and O–H groups in total. The maximum atomic E-state index is 13.3. The van der Waals surface area contributed by atoms with E-state index in [1.165, 1.54) is 62.4 Å². The summed E-state index contributed by atoms with van der Waals surface area (Å²) in [7, 11) is 0. The summed E-state index contributed by atoms with van der Waals surface area (Å²) in [5.41, 5.74) is 2.21. The van der Waals surface area contributed by atoms with Gasteiger partial charge in [0, 0.05) is 12.6 Å². The summed E-state index contributed by atoms with van der Waals surface area (Å²) in [6.45, 7) is 6.40. The minimum atomic E-state index is -0.312. The Morgan fingerprint density at radius 1 is 1.10 bits per heavy atom. The summed E-state index contributed by atoms with van der Waals surface area (Å²) >= 11 is 7.85. The van der Waals surface area contributed by atoms with E-state index in [1.807, 2.05) is 12.1 Å². The van der Waals surface area contributed by atoms with E-state index in [9.17, 15) is 9.18 Å². The summed E-state index contributed by atoms with van der Waals surface area (Å²) < 4.78 is 19.9. The molecule has 6 nitrogen and oxygen atoms in total. The number of rotatable bonds is 9. The number of aromatic nitrogens is 2. The lowest BCUT2D eigenvalue weighted by Gasteiger charge is -2.11. The maximum absolute atomic E-state index is 13.3. The molecule has 2 aromatic carbocycles. The largest absolute Gasteiger partial charge is 0.487 e. The molecule has 0 atom stereocenters. The molecule has 0 saturated carbocycles. The van der Waals surface area contributed by atoms with E-state index in [-0.39, 0.29) is 24.9 Å². The number of ether oxygens (including phenoxy) is 1. The molecule has 1 amide bonds. The molecule has 0 bridgehead atoms. The second-order valence-electron chi connectivity index (χ2n) is 8.65. The highest BCUT2D eigenvalue weighted by Crippen LogP contribution is 2.33. The van der Waals surface area contributed by atoms with Crippen molar-refractivity contribution in [2.24, 2.45) is 0 Å². The molecule has 0 saturated heterocycles. The van der Waals surface area contributed by atoms with Gasteiger partial charge in [0.1, 0.15) is 24.5 Å². The number of benzene rings is 2. The lowest BCUT2D eigenvalue weighted by molar-refractivity contribution is -0.118. The standard InChI is InChI=1S/C24H18ClFN4O2S.C6H14/c1-15(31)27-9-3-6-19-12-21-23(33-19)24(29-14-28-21)30-18-7-8-22(20(25)11-18)32-13-16-4-2-5-17(26)10-16;1-3-5-6-4-2/h2,4-5,7-8,10-12,14H,9,13H2,1H3,(H,27,31)(H,28,29,30);3-6H2,1-2H3. The third-order valence-corrected chi connectivity index (χ3v) is 6.73. The van der Waals surface area contributed by atoms with Gasteiger partial charge in [-0.05, 0) is 42.0 Å². The van der Waals surface area contributed by atoms with Crippen molar-refractivity contribution in [2.75, 3.05) is 11.9 Å². The van der Waals surface area contributed by atoms with E-state index >= 15 is 0 Å². The van der Waals surface area contributed by atoms with E-state index in [2.05, 4.69) is 46.3 Å². The van der Waals surface area contributed by atoms with E-state index in [4.69, 9.17) is 16.3 Å². The highest BCUT2D eigenvalue weighted by atomic mass is 35.5. The zero-order valence-electron chi connectivity index (χ0n) is 22.3. The van der Waals surface area contributed by atoms with Crippen LogP contribution in [0.15, 0.2) is 54.9 Å². The molecule has 4 aromatic rings. The molecule has 2 aromatic heterocycles. The minimum Gasteiger partial charge on any atom is -0.487 e. The number of anilines is 2. The van der Waals surface area contributed by atoms with Crippen molar-refractivity contribution in [3.63, 3.8) is 0 Å². The zero-order valence-corrected chi connectivity index (χ0v) is 23.9. The zero-order chi connectivity index (χ0) is 28.0. The second-order valence-corrected chi connectivity index (χ2v) is 10.1. The van der Waals surface area contributed by atoms with Crippen LogP contribution in [0.2, 0.25) is 5.02 Å². The van der Waals surface area contributed by atoms with Gasteiger partial charge in [-0.2, -0.15) is 0 Å². The number of hydrogen-bond acceptors (Lipinski definition) is 6. The van der Waals surface area contributed by atoms with Gasteiger partial charge in [0.25, 0.3) is 0 Å². The fourth-order valence-corrected chi connectivity index (χ4v) is 4.59. The van der Waals surface area contributed by atoms with Crippen LogP contribution in [0.4, 0.5) is 15.9 Å². The number of nitrogens with one attached hydrogen (secondary N) is 2. The molecule has 0 fully saturated rings. The number of nitrogens with zero attached hydrogens (tertiary/aromatic N) is 2. The number of carbonyl (C=O) groups excluding carboxylic acids is 1. The van der Waals surface area contributed by atoms with Crippen molar-refractivity contribution in [3.05, 3.63) is 76.1 Å². The van der Waals surface area contributed by atoms with Crippen molar-refractivity contribution in [1.82, 2.24) is 15.3 Å². The molecule has 0 aliphatic rings. The van der Waals surface area contributed by atoms with Gasteiger partial charge in [0.05, 0.1) is 26.7 Å². The normalized spacial score (nSPS) is 10.2. The molecule has 0 aliphatic carbocycles. The monoisotopic (exact) mass is 566 g/mol. The number of carbonyl (C=O) groups is 1. The maximum Gasteiger partial charge on any atom is 0.217 e. The van der Waals surface area contributed by atoms with Crippen molar-refractivity contribution in [1.29, 1.82) is 0 Å². The van der Waals surface area contributed by atoms with Crippen molar-refractivity contribution >= 4 is 50.6 Å². The van der Waals surface area contributed by atoms with Crippen LogP contribution in [0.5, 0.6) is 5.75 Å². The third kappa shape index (κ3) is 9.86. The summed E-state index contributed by atoms with van der Waals surface area (Å²) in [5, 5.41) is 6.31. The highest BCUT2D eigenvalue weighted by molar-refractivity contribution is 7.20. The lowest BCUT2D eigenvalue weighted by atomic mass is 10.2. The Balaban J connectivity index is 0.000000631. The van der Waals surface area contributed by atoms with Crippen LogP contribution >= 0.6 is 22.9 Å². The lowest BCUT2D eigenvalue weighted by Crippen LogP contribution is -2.19. The van der Waals surface area contributed by atoms with Crippen LogP contribution in [-0.2, 0) is 11.4 Å². The van der Waals surface area contributed by atoms with E-state index in [0.717, 1.165) is 20.8 Å². The average Bonchev–Trinajstić information content (AvgIpc) is 3.34. The number of halogens is 2. The fraction of sp³-hybridized carbons (Fsp3) is 0.300. The molecule has 0 spiro atoms. The second kappa shape index (κ2) is 15.7. The Bertz CT molecular complexity index is 1440. The van der Waals surface area contributed by atoms with Gasteiger partial charge >= 0.3 is 0 Å². The number of fused-ring (bicyclic) bond motifs is 1. The highest BCUT2D eigenvalue weighted by Gasteiger charge is 2.10. The van der Waals surface area contributed by atoms with Crippen LogP contribution < -0.4 is 15.4 Å². The Kier molecular flexibility index (Phi) is 12.0. The SMILES string of the molecule is CC(=O)NCC#Cc1cc2ncnc(Nc3ccc(OCc4cccc(F)c4)c(Cl)c3)c2s1.CCCCCC. The number of unbranched alkanes of at least 4 members (excludes halogenated alkanes) is 3. The number of hydrogen-bond donors (Lipinski definition) is 2. The van der Waals surface area contributed by atoms with Gasteiger partial charge < -0.3 is 15.4 Å². The summed E-state index contributed by atoms with van der Waals surface area (Å²) in [4.78, 5) is 20.4. The molecule has 39 heavy (non-hydrogen) atoms. The smallest absolute Gasteiger partial charge is 0.217 e. The van der Waals surface area contributed by atoms with Gasteiger partial charge in [-0.3, -0.25) is 4.79 Å². The van der Waals surface area contributed by atoms with Crippen LogP contribution in [0.25, 0.3) is 10.2 Å². The first-order valence-corrected chi connectivity index (χ1v) is 14.0. The van der Waals surface area contributed by atoms with E-state index in [0.29, 0.717) is 22.2 Å². The van der Waals surface area contributed by atoms with Gasteiger partial charge in [0.2, 0.25) is 5.91 Å². The first-order chi connectivity index (χ1) is 18.9. The van der Waals surface area contributed by atoms with Crippen molar-refractivity contribution < 1.29 is 13.9 Å². The van der Waals surface area contributed by atoms with Crippen LogP contribution in [-0.4, -0.2) is 22.4 Å². The Labute approximate surface area is 238 Å². The summed E-state index contributed by atoms with van der Waals surface area (Å²) in [6.07, 6.45) is 7.01. The van der Waals surface area contributed by atoms with Crippen LogP contribution in [0, 0.1) is 17.7 Å². The van der Waals surface area contributed by atoms with E-state index < -0.39 is 0 Å². The molecule has 4 rings (SSSR count). The topological polar surface area (TPSA) is 76.1 Å². The van der Waals surface area contributed by atoms with Gasteiger partial charge in [-0.1, -0.05) is 75.1 Å². The molecule has 0 aliphatic heterocycles. The number of amides is 1. The van der Waals surface area contributed by atoms with Gasteiger partial charge in [-0.25, -0.2) is 14.4 Å². The van der Waals surface area contributed by atoms with E-state index in [1.54, 1.807) is 24.3 Å². The molecular formula is C30H32ClFN4O2S. The molecule has 2 heterocycles. The van der Waals surface area contributed by atoms with Crippen molar-refractivity contribution in [3.8, 4) is 17.6 Å². The third-order valence-electron chi connectivity index (χ3n) is 5.38. The molecule has 0 unspecified atom stereocenters. The Hall–Kier alpha value is -3.67. The Morgan fingerprint density at radius 3 is 2.59 bits per heavy atom. The average molecular weight is 567 g/mol. The molecule has 204 valence electrons. The Morgan fingerprint density at radius 2 is 1.90 bits per heavy atom. The molecule has 9 heteroatoms. The van der Waals surface area contributed by atoms with Crippen molar-refractivity contribution in [2.45, 2.75) is 53.1 Å². The quantitative estimate of drug-likeness (QED) is 0.159. The predicted octanol–water partition coefficient (Wildman–Crippen LogP) is 7.88. The fourth-order valence-electron chi connectivity index (χ4n) is 3.43. The first-order valence-electron chi connectivity index (χ1n) is 12.8. The van der Waals surface area contributed by atoms with Gasteiger partial charge in [-0.15, -0.1) is 11.3 Å². The first kappa shape index (κ1) is 29.9. The summed E-state index contributed by atoms with van der Waals surface area (Å²) in [6, 6.07) is 13.4. The van der Waals surface area contributed by atoms with Crippen LogP contribution in [0.1, 0.15) is 56.9 Å². The van der Waals surface area contributed by atoms with Crippen LogP contribution in [0.3, 0.4) is 0 Å². The summed E-state index contributed by atoms with van der Waals surface area (Å²) in [5.74, 6) is 6.62. The molecular weight excluding hydrogens is 535 g/mol.